The Morgan fingerprint density at radius 2 is 1.74 bits per heavy atom. The summed E-state index contributed by atoms with van der Waals surface area (Å²) in [6, 6.07) is 9.98. The van der Waals surface area contributed by atoms with Gasteiger partial charge in [0.15, 0.2) is 11.5 Å². The number of amides is 2. The smallest absolute Gasteiger partial charge is 0.274 e. The van der Waals surface area contributed by atoms with Crippen molar-refractivity contribution in [2.45, 2.75) is 20.3 Å². The number of nitrogens with one attached hydrogen (secondary N) is 2. The van der Waals surface area contributed by atoms with Crippen LogP contribution in [0.3, 0.4) is 0 Å². The molecule has 2 N–H and O–H groups in total. The summed E-state index contributed by atoms with van der Waals surface area (Å²) in [4.78, 5) is 28.8. The van der Waals surface area contributed by atoms with E-state index in [1.165, 1.54) is 0 Å². The van der Waals surface area contributed by atoms with E-state index in [1.807, 2.05) is 0 Å². The maximum atomic E-state index is 12.5. The molecule has 7 heteroatoms. The number of carbonyl (C=O) groups is 2. The number of anilines is 1. The van der Waals surface area contributed by atoms with E-state index >= 15 is 0 Å². The normalized spacial score (nSPS) is 12.6. The minimum absolute atomic E-state index is 0.168. The number of benzene rings is 1. The highest BCUT2D eigenvalue weighted by molar-refractivity contribution is 6.04. The molecule has 2 heterocycles. The SMILES string of the molecule is CC(C)CCNC(=O)c1cccc(C(=O)Nc2ccc3c(c2)OCCO3)n1. The van der Waals surface area contributed by atoms with Crippen LogP contribution in [0, 0.1) is 5.92 Å². The van der Waals surface area contributed by atoms with Crippen LogP contribution in [0.5, 0.6) is 11.5 Å². The molecule has 0 aliphatic carbocycles. The highest BCUT2D eigenvalue weighted by atomic mass is 16.6. The predicted molar refractivity (Wildman–Crippen MR) is 101 cm³/mol. The van der Waals surface area contributed by atoms with Gasteiger partial charge in [-0.25, -0.2) is 4.98 Å². The fourth-order valence-corrected chi connectivity index (χ4v) is 2.57. The van der Waals surface area contributed by atoms with Gasteiger partial charge in [-0.2, -0.15) is 0 Å². The number of pyridine rings is 1. The molecular formula is C20H23N3O4. The number of nitrogens with zero attached hydrogens (tertiary/aromatic N) is 1. The average molecular weight is 369 g/mol. The topological polar surface area (TPSA) is 89.6 Å². The molecule has 0 fully saturated rings. The van der Waals surface area contributed by atoms with Crippen molar-refractivity contribution in [2.24, 2.45) is 5.92 Å². The Bertz CT molecular complexity index is 836. The Kier molecular flexibility index (Phi) is 5.90. The summed E-state index contributed by atoms with van der Waals surface area (Å²) in [5.74, 6) is 1.05. The molecular weight excluding hydrogens is 346 g/mol. The summed E-state index contributed by atoms with van der Waals surface area (Å²) in [7, 11) is 0. The molecule has 1 aromatic heterocycles. The Labute approximate surface area is 158 Å². The van der Waals surface area contributed by atoms with Crippen molar-refractivity contribution >= 4 is 17.5 Å². The van der Waals surface area contributed by atoms with E-state index in [9.17, 15) is 9.59 Å². The van der Waals surface area contributed by atoms with Crippen molar-refractivity contribution in [1.82, 2.24) is 10.3 Å². The Morgan fingerprint density at radius 1 is 1.04 bits per heavy atom. The minimum Gasteiger partial charge on any atom is -0.486 e. The quantitative estimate of drug-likeness (QED) is 0.817. The van der Waals surface area contributed by atoms with Gasteiger partial charge in [0.2, 0.25) is 0 Å². The van der Waals surface area contributed by atoms with Gasteiger partial charge in [0, 0.05) is 18.3 Å². The van der Waals surface area contributed by atoms with Crippen molar-refractivity contribution < 1.29 is 19.1 Å². The summed E-state index contributed by atoms with van der Waals surface area (Å²) in [5.41, 5.74) is 0.952. The van der Waals surface area contributed by atoms with Crippen LogP contribution >= 0.6 is 0 Å². The number of fused-ring (bicyclic) bond motifs is 1. The third-order valence-corrected chi connectivity index (χ3v) is 4.02. The predicted octanol–water partition coefficient (Wildman–Crippen LogP) is 2.88. The van der Waals surface area contributed by atoms with Crippen LogP contribution in [0.4, 0.5) is 5.69 Å². The third-order valence-electron chi connectivity index (χ3n) is 4.02. The van der Waals surface area contributed by atoms with Gasteiger partial charge in [-0.1, -0.05) is 19.9 Å². The van der Waals surface area contributed by atoms with Crippen molar-refractivity contribution in [1.29, 1.82) is 0 Å². The number of ether oxygens (including phenoxy) is 2. The van der Waals surface area contributed by atoms with E-state index in [2.05, 4.69) is 29.5 Å². The van der Waals surface area contributed by atoms with Gasteiger partial charge in [0.25, 0.3) is 11.8 Å². The molecule has 1 aliphatic rings. The summed E-state index contributed by atoms with van der Waals surface area (Å²) in [5, 5.41) is 5.58. The van der Waals surface area contributed by atoms with Gasteiger partial charge < -0.3 is 20.1 Å². The van der Waals surface area contributed by atoms with Crippen LogP contribution in [0.25, 0.3) is 0 Å². The minimum atomic E-state index is -0.400. The van der Waals surface area contributed by atoms with Crippen LogP contribution in [0.15, 0.2) is 36.4 Å². The molecule has 0 bridgehead atoms. The molecule has 0 unspecified atom stereocenters. The maximum Gasteiger partial charge on any atom is 0.274 e. The highest BCUT2D eigenvalue weighted by Gasteiger charge is 2.15. The highest BCUT2D eigenvalue weighted by Crippen LogP contribution is 2.32. The molecule has 0 saturated heterocycles. The first-order valence-electron chi connectivity index (χ1n) is 8.99. The van der Waals surface area contributed by atoms with E-state index in [4.69, 9.17) is 9.47 Å². The lowest BCUT2D eigenvalue weighted by molar-refractivity contribution is 0.0947. The van der Waals surface area contributed by atoms with Crippen molar-refractivity contribution in [3.05, 3.63) is 47.8 Å². The van der Waals surface area contributed by atoms with Gasteiger partial charge in [0.05, 0.1) is 0 Å². The lowest BCUT2D eigenvalue weighted by atomic mass is 10.1. The molecule has 2 aromatic rings. The van der Waals surface area contributed by atoms with Crippen LogP contribution in [-0.2, 0) is 0 Å². The van der Waals surface area contributed by atoms with Crippen molar-refractivity contribution in [3.63, 3.8) is 0 Å². The molecule has 0 saturated carbocycles. The number of carbonyl (C=O) groups excluding carboxylic acids is 2. The first-order chi connectivity index (χ1) is 13.0. The first-order valence-corrected chi connectivity index (χ1v) is 8.99. The molecule has 0 radical (unpaired) electrons. The summed E-state index contributed by atoms with van der Waals surface area (Å²) in [6.07, 6.45) is 0.885. The van der Waals surface area contributed by atoms with E-state index in [0.29, 0.717) is 42.9 Å². The Hall–Kier alpha value is -3.09. The molecule has 1 aromatic carbocycles. The third kappa shape index (κ3) is 4.97. The zero-order valence-electron chi connectivity index (χ0n) is 15.5. The lowest BCUT2D eigenvalue weighted by Gasteiger charge is -2.19. The average Bonchev–Trinajstić information content (AvgIpc) is 2.67. The second kappa shape index (κ2) is 8.53. The summed E-state index contributed by atoms with van der Waals surface area (Å²) >= 11 is 0. The molecule has 0 atom stereocenters. The second-order valence-corrected chi connectivity index (χ2v) is 6.66. The number of hydrogen-bond donors (Lipinski definition) is 2. The fourth-order valence-electron chi connectivity index (χ4n) is 2.57. The van der Waals surface area contributed by atoms with E-state index in [-0.39, 0.29) is 17.3 Å². The van der Waals surface area contributed by atoms with Gasteiger partial charge in [-0.15, -0.1) is 0 Å². The molecule has 27 heavy (non-hydrogen) atoms. The van der Waals surface area contributed by atoms with Crippen LogP contribution in [0.1, 0.15) is 41.2 Å². The van der Waals surface area contributed by atoms with Crippen LogP contribution in [-0.4, -0.2) is 36.6 Å². The van der Waals surface area contributed by atoms with Crippen LogP contribution < -0.4 is 20.1 Å². The fraction of sp³-hybridized carbons (Fsp3) is 0.350. The van der Waals surface area contributed by atoms with Crippen molar-refractivity contribution in [3.8, 4) is 11.5 Å². The van der Waals surface area contributed by atoms with Crippen LogP contribution in [0.2, 0.25) is 0 Å². The number of aromatic nitrogens is 1. The Morgan fingerprint density at radius 3 is 2.48 bits per heavy atom. The monoisotopic (exact) mass is 369 g/mol. The molecule has 3 rings (SSSR count). The van der Waals surface area contributed by atoms with E-state index in [0.717, 1.165) is 6.42 Å². The number of rotatable bonds is 6. The number of hydrogen-bond acceptors (Lipinski definition) is 5. The standard InChI is InChI=1S/C20H23N3O4/c1-13(2)8-9-21-19(24)15-4-3-5-16(23-15)20(25)22-14-6-7-17-18(12-14)27-11-10-26-17/h3-7,12-13H,8-11H2,1-2H3,(H,21,24)(H,22,25). The zero-order valence-corrected chi connectivity index (χ0v) is 15.5. The van der Waals surface area contributed by atoms with Gasteiger partial charge >= 0.3 is 0 Å². The Balaban J connectivity index is 1.65. The molecule has 142 valence electrons. The maximum absolute atomic E-state index is 12.5. The molecule has 0 spiro atoms. The van der Waals surface area contributed by atoms with Crippen molar-refractivity contribution in [2.75, 3.05) is 25.1 Å². The molecule has 7 nitrogen and oxygen atoms in total. The van der Waals surface area contributed by atoms with E-state index in [1.54, 1.807) is 36.4 Å². The van der Waals surface area contributed by atoms with Gasteiger partial charge in [0.1, 0.15) is 24.6 Å². The van der Waals surface area contributed by atoms with E-state index < -0.39 is 5.91 Å². The van der Waals surface area contributed by atoms with Gasteiger partial charge in [-0.05, 0) is 36.6 Å². The summed E-state index contributed by atoms with van der Waals surface area (Å²) < 4.78 is 11.0. The largest absolute Gasteiger partial charge is 0.486 e. The van der Waals surface area contributed by atoms with Gasteiger partial charge in [-0.3, -0.25) is 9.59 Å². The second-order valence-electron chi connectivity index (χ2n) is 6.66. The molecule has 1 aliphatic heterocycles. The molecule has 2 amide bonds. The lowest BCUT2D eigenvalue weighted by Crippen LogP contribution is -2.27. The summed E-state index contributed by atoms with van der Waals surface area (Å²) in [6.45, 7) is 5.74. The first kappa shape index (κ1) is 18.7. The zero-order chi connectivity index (χ0) is 19.2.